The van der Waals surface area contributed by atoms with Crippen LogP contribution < -0.4 is 5.73 Å². The van der Waals surface area contributed by atoms with Crippen LogP contribution in [0.5, 0.6) is 0 Å². The standard InChI is InChI=1S/C19H21NO4/c1-3-23-19(22)17-15(12-8-5-4-7-11(12)2)16-13(21)9-6-10-14(16)24-18(17)20/h4-5,7-8,15H,3,6,9-10,20H2,1-2H3/t15-/m0/s1. The molecule has 1 heterocycles. The van der Waals surface area contributed by atoms with Gasteiger partial charge in [-0.1, -0.05) is 24.3 Å². The van der Waals surface area contributed by atoms with Gasteiger partial charge in [0.25, 0.3) is 0 Å². The second kappa shape index (κ2) is 6.51. The Morgan fingerprint density at radius 2 is 2.08 bits per heavy atom. The van der Waals surface area contributed by atoms with Crippen LogP contribution in [0.15, 0.2) is 47.1 Å². The Morgan fingerprint density at radius 1 is 1.33 bits per heavy atom. The monoisotopic (exact) mass is 327 g/mol. The van der Waals surface area contributed by atoms with E-state index in [1.807, 2.05) is 31.2 Å². The largest absolute Gasteiger partial charge is 0.462 e. The second-order valence-corrected chi connectivity index (χ2v) is 6.00. The third-order valence-corrected chi connectivity index (χ3v) is 4.48. The molecule has 126 valence electrons. The molecule has 0 spiro atoms. The van der Waals surface area contributed by atoms with Crippen LogP contribution in [0.4, 0.5) is 0 Å². The van der Waals surface area contributed by atoms with Crippen molar-refractivity contribution in [2.24, 2.45) is 5.73 Å². The highest BCUT2D eigenvalue weighted by molar-refractivity contribution is 6.03. The molecule has 2 N–H and O–H groups in total. The molecule has 0 fully saturated rings. The van der Waals surface area contributed by atoms with E-state index in [9.17, 15) is 9.59 Å². The van der Waals surface area contributed by atoms with E-state index in [1.165, 1.54) is 0 Å². The van der Waals surface area contributed by atoms with Gasteiger partial charge in [0, 0.05) is 18.4 Å². The summed E-state index contributed by atoms with van der Waals surface area (Å²) in [4.78, 5) is 25.1. The molecule has 1 aliphatic heterocycles. The molecule has 1 atom stereocenters. The summed E-state index contributed by atoms with van der Waals surface area (Å²) in [5.74, 6) is -0.422. The van der Waals surface area contributed by atoms with E-state index < -0.39 is 11.9 Å². The van der Waals surface area contributed by atoms with E-state index in [-0.39, 0.29) is 23.8 Å². The first-order valence-corrected chi connectivity index (χ1v) is 8.21. The van der Waals surface area contributed by atoms with Crippen molar-refractivity contribution in [1.29, 1.82) is 0 Å². The summed E-state index contributed by atoms with van der Waals surface area (Å²) in [6.07, 6.45) is 1.85. The maximum absolute atomic E-state index is 12.6. The lowest BCUT2D eigenvalue weighted by molar-refractivity contribution is -0.139. The maximum Gasteiger partial charge on any atom is 0.340 e. The lowest BCUT2D eigenvalue weighted by atomic mass is 9.76. The molecule has 1 aliphatic carbocycles. The SMILES string of the molecule is CCOC(=O)C1=C(N)OC2=C(C(=O)CCC2)[C@@H]1c1ccccc1C. The number of Topliss-reactive ketones (excluding diaryl/α,β-unsaturated/α-hetero) is 1. The summed E-state index contributed by atoms with van der Waals surface area (Å²) in [6.45, 7) is 3.92. The van der Waals surface area contributed by atoms with Crippen molar-refractivity contribution < 1.29 is 19.1 Å². The van der Waals surface area contributed by atoms with Crippen LogP contribution in [0.25, 0.3) is 0 Å². The topological polar surface area (TPSA) is 78.6 Å². The first kappa shape index (κ1) is 16.3. The van der Waals surface area contributed by atoms with Crippen molar-refractivity contribution in [2.75, 3.05) is 6.61 Å². The van der Waals surface area contributed by atoms with E-state index in [1.54, 1.807) is 6.92 Å². The Hall–Kier alpha value is -2.56. The lowest BCUT2D eigenvalue weighted by Crippen LogP contribution is -2.31. The van der Waals surface area contributed by atoms with Crippen LogP contribution in [0.2, 0.25) is 0 Å². The quantitative estimate of drug-likeness (QED) is 0.864. The van der Waals surface area contributed by atoms with Crippen molar-refractivity contribution >= 4 is 11.8 Å². The Labute approximate surface area is 141 Å². The molecule has 0 saturated carbocycles. The number of esters is 1. The number of nitrogens with two attached hydrogens (primary N) is 1. The molecule has 0 bridgehead atoms. The number of hydrogen-bond acceptors (Lipinski definition) is 5. The highest BCUT2D eigenvalue weighted by Crippen LogP contribution is 2.44. The number of aryl methyl sites for hydroxylation is 1. The molecule has 1 aromatic carbocycles. The summed E-state index contributed by atoms with van der Waals surface area (Å²) < 4.78 is 10.8. The van der Waals surface area contributed by atoms with E-state index in [0.717, 1.165) is 17.5 Å². The first-order valence-electron chi connectivity index (χ1n) is 8.21. The van der Waals surface area contributed by atoms with Gasteiger partial charge in [0.1, 0.15) is 11.3 Å². The summed E-state index contributed by atoms with van der Waals surface area (Å²) in [5.41, 5.74) is 8.70. The van der Waals surface area contributed by atoms with Gasteiger partial charge in [-0.25, -0.2) is 4.79 Å². The van der Waals surface area contributed by atoms with Gasteiger partial charge in [-0.2, -0.15) is 0 Å². The lowest BCUT2D eigenvalue weighted by Gasteiger charge is -2.33. The molecule has 0 amide bonds. The molecule has 0 radical (unpaired) electrons. The zero-order valence-electron chi connectivity index (χ0n) is 13.9. The summed E-state index contributed by atoms with van der Waals surface area (Å²) in [5, 5.41) is 0. The minimum absolute atomic E-state index is 0.0128. The van der Waals surface area contributed by atoms with Gasteiger partial charge in [-0.15, -0.1) is 0 Å². The fourth-order valence-corrected chi connectivity index (χ4v) is 3.39. The fraction of sp³-hybridized carbons (Fsp3) is 0.368. The van der Waals surface area contributed by atoms with Crippen molar-refractivity contribution in [1.82, 2.24) is 0 Å². The number of carbonyl (C=O) groups is 2. The smallest absolute Gasteiger partial charge is 0.340 e. The van der Waals surface area contributed by atoms with Crippen LogP contribution in [0, 0.1) is 6.92 Å². The van der Waals surface area contributed by atoms with Gasteiger partial charge >= 0.3 is 5.97 Å². The molecule has 0 unspecified atom stereocenters. The molecular formula is C19H21NO4. The number of carbonyl (C=O) groups excluding carboxylic acids is 2. The fourth-order valence-electron chi connectivity index (χ4n) is 3.39. The molecule has 5 heteroatoms. The minimum Gasteiger partial charge on any atom is -0.462 e. The van der Waals surface area contributed by atoms with Crippen LogP contribution in [-0.4, -0.2) is 18.4 Å². The van der Waals surface area contributed by atoms with Gasteiger partial charge in [-0.3, -0.25) is 4.79 Å². The number of rotatable bonds is 3. The number of ether oxygens (including phenoxy) is 2. The Morgan fingerprint density at radius 3 is 2.79 bits per heavy atom. The highest BCUT2D eigenvalue weighted by atomic mass is 16.5. The van der Waals surface area contributed by atoms with Crippen LogP contribution in [-0.2, 0) is 19.1 Å². The van der Waals surface area contributed by atoms with Crippen molar-refractivity contribution in [3.8, 4) is 0 Å². The molecule has 3 rings (SSSR count). The van der Waals surface area contributed by atoms with Crippen LogP contribution >= 0.6 is 0 Å². The molecule has 2 aliphatic rings. The van der Waals surface area contributed by atoms with Gasteiger partial charge in [-0.05, 0) is 31.4 Å². The third-order valence-electron chi connectivity index (χ3n) is 4.48. The molecular weight excluding hydrogens is 306 g/mol. The van der Waals surface area contributed by atoms with Crippen LogP contribution in [0.1, 0.15) is 43.2 Å². The maximum atomic E-state index is 12.6. The summed E-state index contributed by atoms with van der Waals surface area (Å²) >= 11 is 0. The zero-order chi connectivity index (χ0) is 17.3. The molecule has 0 aromatic heterocycles. The van der Waals surface area contributed by atoms with E-state index >= 15 is 0 Å². The highest BCUT2D eigenvalue weighted by Gasteiger charge is 2.41. The average molecular weight is 327 g/mol. The van der Waals surface area contributed by atoms with Crippen molar-refractivity contribution in [3.05, 3.63) is 58.2 Å². The third kappa shape index (κ3) is 2.70. The summed E-state index contributed by atoms with van der Waals surface area (Å²) in [7, 11) is 0. The predicted octanol–water partition coefficient (Wildman–Crippen LogP) is 2.85. The van der Waals surface area contributed by atoms with E-state index in [0.29, 0.717) is 24.2 Å². The minimum atomic E-state index is -0.534. The van der Waals surface area contributed by atoms with E-state index in [4.69, 9.17) is 15.2 Å². The number of ketones is 1. The van der Waals surface area contributed by atoms with Gasteiger partial charge < -0.3 is 15.2 Å². The number of benzene rings is 1. The summed E-state index contributed by atoms with van der Waals surface area (Å²) in [6, 6.07) is 7.69. The molecule has 1 aromatic rings. The molecule has 5 nitrogen and oxygen atoms in total. The van der Waals surface area contributed by atoms with Gasteiger partial charge in [0.05, 0.1) is 12.5 Å². The molecule has 0 saturated heterocycles. The van der Waals surface area contributed by atoms with Gasteiger partial charge in [0.15, 0.2) is 5.78 Å². The Balaban J connectivity index is 2.19. The first-order chi connectivity index (χ1) is 11.5. The Kier molecular flexibility index (Phi) is 4.42. The van der Waals surface area contributed by atoms with Gasteiger partial charge in [0.2, 0.25) is 5.88 Å². The van der Waals surface area contributed by atoms with Crippen LogP contribution in [0.3, 0.4) is 0 Å². The predicted molar refractivity (Wildman–Crippen MR) is 88.7 cm³/mol. The van der Waals surface area contributed by atoms with E-state index in [2.05, 4.69) is 0 Å². The van der Waals surface area contributed by atoms with Crippen molar-refractivity contribution in [3.63, 3.8) is 0 Å². The normalized spacial score (nSPS) is 20.6. The number of hydrogen-bond donors (Lipinski definition) is 1. The van der Waals surface area contributed by atoms with Crippen molar-refractivity contribution in [2.45, 2.75) is 39.0 Å². The second-order valence-electron chi connectivity index (χ2n) is 6.00. The average Bonchev–Trinajstić information content (AvgIpc) is 2.54. The number of allylic oxidation sites excluding steroid dienone is 2. The zero-order valence-corrected chi connectivity index (χ0v) is 13.9. The Bertz CT molecular complexity index is 760. The molecule has 24 heavy (non-hydrogen) atoms.